The lowest BCUT2D eigenvalue weighted by Crippen LogP contribution is -2.41. The smallest absolute Gasteiger partial charge is 0.323 e. The monoisotopic (exact) mass is 405 g/mol. The van der Waals surface area contributed by atoms with Gasteiger partial charge >= 0.3 is 5.69 Å². The van der Waals surface area contributed by atoms with E-state index < -0.39 is 0 Å². The van der Waals surface area contributed by atoms with Gasteiger partial charge in [0.25, 0.3) is 0 Å². The summed E-state index contributed by atoms with van der Waals surface area (Å²) in [6.45, 7) is 1.37. The fourth-order valence-corrected chi connectivity index (χ4v) is 3.72. The molecule has 4 heterocycles. The number of H-pyrrole nitrogens is 2. The number of rotatable bonds is 4. The molecule has 0 saturated carbocycles. The molecule has 1 amide bonds. The molecule has 1 aromatic carbocycles. The molecule has 3 aromatic heterocycles. The van der Waals surface area contributed by atoms with Crippen molar-refractivity contribution < 1.29 is 4.79 Å². The Morgan fingerprint density at radius 3 is 2.83 bits per heavy atom. The van der Waals surface area contributed by atoms with Gasteiger partial charge in [0.2, 0.25) is 5.91 Å². The summed E-state index contributed by atoms with van der Waals surface area (Å²) in [5.74, 6) is 1.14. The van der Waals surface area contributed by atoms with Crippen molar-refractivity contribution in [2.75, 3.05) is 23.3 Å². The number of benzene rings is 1. The Morgan fingerprint density at radius 2 is 1.97 bits per heavy atom. The van der Waals surface area contributed by atoms with Gasteiger partial charge in [-0.1, -0.05) is 0 Å². The molecule has 0 aliphatic carbocycles. The van der Waals surface area contributed by atoms with E-state index in [1.165, 1.54) is 12.7 Å². The Balaban J connectivity index is 1.30. The number of carbonyl (C=O) groups excluding carboxylic acids is 1. The molecule has 11 heteroatoms. The van der Waals surface area contributed by atoms with Gasteiger partial charge in [0.1, 0.15) is 24.8 Å². The normalized spacial score (nSPS) is 16.7. The average Bonchev–Trinajstić information content (AvgIpc) is 3.43. The van der Waals surface area contributed by atoms with Crippen molar-refractivity contribution in [2.45, 2.75) is 12.8 Å². The summed E-state index contributed by atoms with van der Waals surface area (Å²) >= 11 is 0. The second-order valence-corrected chi connectivity index (χ2v) is 7.19. The van der Waals surface area contributed by atoms with Crippen molar-refractivity contribution >= 4 is 28.4 Å². The van der Waals surface area contributed by atoms with E-state index in [0.29, 0.717) is 29.1 Å². The fraction of sp³-hybridized carbons (Fsp3) is 0.263. The van der Waals surface area contributed by atoms with Gasteiger partial charge in [0, 0.05) is 24.8 Å². The van der Waals surface area contributed by atoms with Crippen LogP contribution in [-0.4, -0.2) is 53.7 Å². The quantitative estimate of drug-likeness (QED) is 0.462. The van der Waals surface area contributed by atoms with E-state index in [4.69, 9.17) is 0 Å². The number of aromatic amines is 2. The molecule has 5 rings (SSSR count). The highest BCUT2D eigenvalue weighted by molar-refractivity contribution is 5.94. The van der Waals surface area contributed by atoms with Gasteiger partial charge in [-0.15, -0.1) is 0 Å². The number of anilines is 2. The SMILES string of the molecule is O=C(Nc1ccc2[nH]c(=O)[nH]c2c1)C1CCCN(c2cc(-n3cncn3)ncn2)C1. The number of hydrogen-bond donors (Lipinski definition) is 3. The van der Waals surface area contributed by atoms with Crippen LogP contribution in [0.25, 0.3) is 16.9 Å². The first-order chi connectivity index (χ1) is 14.7. The largest absolute Gasteiger partial charge is 0.356 e. The van der Waals surface area contributed by atoms with E-state index in [0.717, 1.165) is 25.2 Å². The summed E-state index contributed by atoms with van der Waals surface area (Å²) in [7, 11) is 0. The first-order valence-corrected chi connectivity index (χ1v) is 9.60. The Kier molecular flexibility index (Phi) is 4.46. The zero-order chi connectivity index (χ0) is 20.5. The molecule has 30 heavy (non-hydrogen) atoms. The molecule has 1 aliphatic rings. The molecule has 1 aliphatic heterocycles. The summed E-state index contributed by atoms with van der Waals surface area (Å²) in [5, 5.41) is 7.06. The second kappa shape index (κ2) is 7.43. The highest BCUT2D eigenvalue weighted by atomic mass is 16.2. The fourth-order valence-electron chi connectivity index (χ4n) is 3.72. The number of imidazole rings is 1. The standard InChI is InChI=1S/C19H19N9O2/c29-18(24-13-3-4-14-15(6-13)26-19(30)25-14)12-2-1-5-27(8-12)16-7-17(22-10-21-16)28-11-20-9-23-28/h3-4,6-7,9-12H,1-2,5,8H2,(H,24,29)(H2,25,26,30). The second-order valence-electron chi connectivity index (χ2n) is 7.19. The molecule has 1 saturated heterocycles. The third-order valence-corrected chi connectivity index (χ3v) is 5.19. The van der Waals surface area contributed by atoms with Crippen LogP contribution in [0.5, 0.6) is 0 Å². The van der Waals surface area contributed by atoms with Crippen LogP contribution in [0.2, 0.25) is 0 Å². The first kappa shape index (κ1) is 18.0. The van der Waals surface area contributed by atoms with Crippen LogP contribution in [0.1, 0.15) is 12.8 Å². The van der Waals surface area contributed by atoms with E-state index in [-0.39, 0.29) is 17.5 Å². The third kappa shape index (κ3) is 3.52. The van der Waals surface area contributed by atoms with Gasteiger partial charge < -0.3 is 20.2 Å². The van der Waals surface area contributed by atoms with Crippen LogP contribution < -0.4 is 15.9 Å². The minimum Gasteiger partial charge on any atom is -0.356 e. The van der Waals surface area contributed by atoms with Crippen LogP contribution in [0.15, 0.2) is 48.0 Å². The lowest BCUT2D eigenvalue weighted by molar-refractivity contribution is -0.120. The Morgan fingerprint density at radius 1 is 1.10 bits per heavy atom. The molecule has 1 fully saturated rings. The van der Waals surface area contributed by atoms with Gasteiger partial charge in [0.05, 0.1) is 17.0 Å². The van der Waals surface area contributed by atoms with E-state index in [2.05, 4.69) is 40.2 Å². The Bertz CT molecular complexity index is 1240. The number of carbonyl (C=O) groups is 1. The maximum absolute atomic E-state index is 12.9. The third-order valence-electron chi connectivity index (χ3n) is 5.19. The number of fused-ring (bicyclic) bond motifs is 1. The van der Waals surface area contributed by atoms with Crippen molar-refractivity contribution in [1.29, 1.82) is 0 Å². The minimum atomic E-state index is -0.272. The van der Waals surface area contributed by atoms with Crippen molar-refractivity contribution in [2.24, 2.45) is 5.92 Å². The maximum atomic E-state index is 12.9. The summed E-state index contributed by atoms with van der Waals surface area (Å²) in [6, 6.07) is 7.13. The van der Waals surface area contributed by atoms with Crippen LogP contribution in [0.4, 0.5) is 11.5 Å². The van der Waals surface area contributed by atoms with E-state index >= 15 is 0 Å². The number of amides is 1. The molecule has 152 valence electrons. The van der Waals surface area contributed by atoms with Crippen LogP contribution in [-0.2, 0) is 4.79 Å². The molecule has 1 atom stereocenters. The number of piperidine rings is 1. The van der Waals surface area contributed by atoms with Gasteiger partial charge in [0.15, 0.2) is 5.82 Å². The number of nitrogens with one attached hydrogen (secondary N) is 3. The van der Waals surface area contributed by atoms with E-state index in [1.54, 1.807) is 29.2 Å². The minimum absolute atomic E-state index is 0.0533. The van der Waals surface area contributed by atoms with Gasteiger partial charge in [-0.2, -0.15) is 5.10 Å². The molecule has 11 nitrogen and oxygen atoms in total. The summed E-state index contributed by atoms with van der Waals surface area (Å²) in [5.41, 5.74) is 1.74. The molecular weight excluding hydrogens is 386 g/mol. The van der Waals surface area contributed by atoms with Crippen molar-refractivity contribution in [3.63, 3.8) is 0 Å². The summed E-state index contributed by atoms with van der Waals surface area (Å²) in [6.07, 6.45) is 6.19. The van der Waals surface area contributed by atoms with Crippen LogP contribution in [0.3, 0.4) is 0 Å². The summed E-state index contributed by atoms with van der Waals surface area (Å²) in [4.78, 5) is 44.3. The average molecular weight is 405 g/mol. The van der Waals surface area contributed by atoms with Gasteiger partial charge in [-0.05, 0) is 31.0 Å². The molecule has 0 bridgehead atoms. The van der Waals surface area contributed by atoms with Crippen molar-refractivity contribution in [3.8, 4) is 5.82 Å². The Labute approximate surface area is 170 Å². The van der Waals surface area contributed by atoms with Crippen molar-refractivity contribution in [3.05, 3.63) is 53.7 Å². The predicted octanol–water partition coefficient (Wildman–Crippen LogP) is 1.08. The maximum Gasteiger partial charge on any atom is 0.323 e. The van der Waals surface area contributed by atoms with Crippen molar-refractivity contribution in [1.82, 2.24) is 34.7 Å². The molecule has 4 aromatic rings. The highest BCUT2D eigenvalue weighted by Crippen LogP contribution is 2.24. The topological polar surface area (TPSA) is 137 Å². The number of hydrogen-bond acceptors (Lipinski definition) is 7. The van der Waals surface area contributed by atoms with Crippen LogP contribution >= 0.6 is 0 Å². The van der Waals surface area contributed by atoms with Crippen LogP contribution in [0, 0.1) is 5.92 Å². The van der Waals surface area contributed by atoms with Gasteiger partial charge in [-0.25, -0.2) is 24.4 Å². The first-order valence-electron chi connectivity index (χ1n) is 9.60. The Hall–Kier alpha value is -4.02. The molecular formula is C19H19N9O2. The predicted molar refractivity (Wildman–Crippen MR) is 109 cm³/mol. The molecule has 3 N–H and O–H groups in total. The lowest BCUT2D eigenvalue weighted by Gasteiger charge is -2.32. The lowest BCUT2D eigenvalue weighted by atomic mass is 9.97. The summed E-state index contributed by atoms with van der Waals surface area (Å²) < 4.78 is 1.57. The van der Waals surface area contributed by atoms with Gasteiger partial charge in [-0.3, -0.25) is 4.79 Å². The zero-order valence-corrected chi connectivity index (χ0v) is 15.9. The highest BCUT2D eigenvalue weighted by Gasteiger charge is 2.27. The molecule has 0 radical (unpaired) electrons. The molecule has 0 spiro atoms. The van der Waals surface area contributed by atoms with E-state index in [1.807, 2.05) is 6.07 Å². The number of aromatic nitrogens is 7. The zero-order valence-electron chi connectivity index (χ0n) is 15.9. The number of nitrogens with zero attached hydrogens (tertiary/aromatic N) is 6. The van der Waals surface area contributed by atoms with E-state index in [9.17, 15) is 9.59 Å². The molecule has 1 unspecified atom stereocenters.